The van der Waals surface area contributed by atoms with E-state index >= 15 is 0 Å². The number of anilines is 1. The molecule has 2 aromatic rings. The van der Waals surface area contributed by atoms with Gasteiger partial charge < -0.3 is 10.1 Å². The Balaban J connectivity index is 2.15. The molecule has 2 nitrogen and oxygen atoms in total. The zero-order valence-electron chi connectivity index (χ0n) is 10.5. The van der Waals surface area contributed by atoms with E-state index in [0.717, 1.165) is 12.1 Å². The molecule has 0 heterocycles. The Morgan fingerprint density at radius 3 is 2.30 bits per heavy atom. The Kier molecular flexibility index (Phi) is 4.68. The minimum Gasteiger partial charge on any atom is -0.494 e. The van der Waals surface area contributed by atoms with Crippen LogP contribution in [-0.2, 0) is 6.54 Å². The first kappa shape index (κ1) is 14.9. The van der Waals surface area contributed by atoms with E-state index in [1.54, 1.807) is 6.07 Å². The van der Waals surface area contributed by atoms with Gasteiger partial charge in [0.2, 0.25) is 0 Å². The van der Waals surface area contributed by atoms with Gasteiger partial charge in [-0.15, -0.1) is 0 Å². The van der Waals surface area contributed by atoms with Crippen molar-refractivity contribution in [2.24, 2.45) is 0 Å². The van der Waals surface area contributed by atoms with Gasteiger partial charge in [0.25, 0.3) is 0 Å². The average molecular weight is 318 g/mol. The SMILES string of the molecule is COc1ccc(CNc2c(Cl)cc(F)cc2Cl)cc1F. The van der Waals surface area contributed by atoms with Gasteiger partial charge in [-0.2, -0.15) is 0 Å². The summed E-state index contributed by atoms with van der Waals surface area (Å²) in [5.74, 6) is -0.796. The normalized spacial score (nSPS) is 10.4. The molecule has 0 spiro atoms. The molecule has 0 fully saturated rings. The highest BCUT2D eigenvalue weighted by molar-refractivity contribution is 6.39. The molecule has 0 atom stereocenters. The van der Waals surface area contributed by atoms with Crippen molar-refractivity contribution in [2.45, 2.75) is 6.54 Å². The second kappa shape index (κ2) is 6.29. The first-order valence-electron chi connectivity index (χ1n) is 5.72. The quantitative estimate of drug-likeness (QED) is 0.866. The van der Waals surface area contributed by atoms with E-state index in [1.165, 1.54) is 19.2 Å². The summed E-state index contributed by atoms with van der Waals surface area (Å²) in [7, 11) is 1.40. The van der Waals surface area contributed by atoms with Gasteiger partial charge in [-0.25, -0.2) is 8.78 Å². The van der Waals surface area contributed by atoms with E-state index in [4.69, 9.17) is 27.9 Å². The number of benzene rings is 2. The van der Waals surface area contributed by atoms with Crippen LogP contribution in [0.25, 0.3) is 0 Å². The van der Waals surface area contributed by atoms with Gasteiger partial charge in [0.15, 0.2) is 11.6 Å². The molecular weight excluding hydrogens is 307 g/mol. The Bertz CT molecular complexity index is 612. The fraction of sp³-hybridized carbons (Fsp3) is 0.143. The number of nitrogens with one attached hydrogen (secondary N) is 1. The van der Waals surface area contributed by atoms with Crippen molar-refractivity contribution in [3.63, 3.8) is 0 Å². The summed E-state index contributed by atoms with van der Waals surface area (Å²) in [5, 5.41) is 3.29. The third kappa shape index (κ3) is 3.32. The number of halogens is 4. The Hall–Kier alpha value is -1.52. The summed E-state index contributed by atoms with van der Waals surface area (Å²) in [6.07, 6.45) is 0. The fourth-order valence-corrected chi connectivity index (χ4v) is 2.32. The maximum atomic E-state index is 13.5. The van der Waals surface area contributed by atoms with Gasteiger partial charge in [0.05, 0.1) is 22.8 Å². The van der Waals surface area contributed by atoms with E-state index in [0.29, 0.717) is 17.8 Å². The van der Waals surface area contributed by atoms with Gasteiger partial charge >= 0.3 is 0 Å². The first-order valence-corrected chi connectivity index (χ1v) is 6.47. The number of hydrogen-bond acceptors (Lipinski definition) is 2. The van der Waals surface area contributed by atoms with Gasteiger partial charge in [-0.3, -0.25) is 0 Å². The minimum absolute atomic E-state index is 0.170. The highest BCUT2D eigenvalue weighted by atomic mass is 35.5. The Morgan fingerprint density at radius 2 is 1.75 bits per heavy atom. The van der Waals surface area contributed by atoms with Gasteiger partial charge in [-0.1, -0.05) is 29.3 Å². The summed E-state index contributed by atoms with van der Waals surface area (Å²) in [6, 6.07) is 6.90. The maximum Gasteiger partial charge on any atom is 0.165 e. The third-order valence-corrected chi connectivity index (χ3v) is 3.29. The summed E-state index contributed by atoms with van der Waals surface area (Å²) < 4.78 is 31.4. The molecule has 0 saturated carbocycles. The van der Waals surface area contributed by atoms with Crippen LogP contribution >= 0.6 is 23.2 Å². The minimum atomic E-state index is -0.513. The smallest absolute Gasteiger partial charge is 0.165 e. The van der Waals surface area contributed by atoms with Crippen molar-refractivity contribution in [3.8, 4) is 5.75 Å². The molecule has 0 radical (unpaired) electrons. The molecule has 0 amide bonds. The van der Waals surface area contributed by atoms with Crippen molar-refractivity contribution in [3.05, 3.63) is 57.6 Å². The lowest BCUT2D eigenvalue weighted by molar-refractivity contribution is 0.386. The summed E-state index contributed by atoms with van der Waals surface area (Å²) in [4.78, 5) is 0. The fourth-order valence-electron chi connectivity index (χ4n) is 1.72. The molecule has 0 aliphatic heterocycles. The van der Waals surface area contributed by atoms with Crippen LogP contribution in [0.2, 0.25) is 10.0 Å². The second-order valence-electron chi connectivity index (χ2n) is 4.07. The van der Waals surface area contributed by atoms with Crippen LogP contribution in [0.4, 0.5) is 14.5 Å². The zero-order valence-corrected chi connectivity index (χ0v) is 12.0. The van der Waals surface area contributed by atoms with E-state index in [9.17, 15) is 8.78 Å². The van der Waals surface area contributed by atoms with Crippen molar-refractivity contribution in [1.82, 2.24) is 0 Å². The van der Waals surface area contributed by atoms with Crippen LogP contribution in [0, 0.1) is 11.6 Å². The number of hydrogen-bond donors (Lipinski definition) is 1. The summed E-state index contributed by atoms with van der Waals surface area (Å²) >= 11 is 11.8. The van der Waals surface area contributed by atoms with E-state index in [1.807, 2.05) is 0 Å². The monoisotopic (exact) mass is 317 g/mol. The average Bonchev–Trinajstić information content (AvgIpc) is 2.37. The topological polar surface area (TPSA) is 21.3 Å². The lowest BCUT2D eigenvalue weighted by Gasteiger charge is -2.11. The van der Waals surface area contributed by atoms with E-state index in [2.05, 4.69) is 5.32 Å². The highest BCUT2D eigenvalue weighted by Crippen LogP contribution is 2.31. The lowest BCUT2D eigenvalue weighted by Crippen LogP contribution is -2.02. The molecule has 2 aromatic carbocycles. The maximum absolute atomic E-state index is 13.5. The standard InChI is InChI=1S/C14H11Cl2F2NO/c1-20-13-3-2-8(4-12(13)18)7-19-14-10(15)5-9(17)6-11(14)16/h2-6,19H,7H2,1H3. The molecule has 20 heavy (non-hydrogen) atoms. The van der Waals surface area contributed by atoms with E-state index in [-0.39, 0.29) is 15.8 Å². The highest BCUT2D eigenvalue weighted by Gasteiger charge is 2.09. The number of methoxy groups -OCH3 is 1. The van der Waals surface area contributed by atoms with Gasteiger partial charge in [0.1, 0.15) is 5.82 Å². The second-order valence-corrected chi connectivity index (χ2v) is 4.88. The molecule has 106 valence electrons. The molecule has 2 rings (SSSR count). The van der Waals surface area contributed by atoms with Crippen LogP contribution in [0.5, 0.6) is 5.75 Å². The lowest BCUT2D eigenvalue weighted by atomic mass is 10.2. The predicted molar refractivity (Wildman–Crippen MR) is 76.7 cm³/mol. The van der Waals surface area contributed by atoms with Crippen LogP contribution in [0.3, 0.4) is 0 Å². The molecule has 0 unspecified atom stereocenters. The molecule has 0 saturated heterocycles. The van der Waals surface area contributed by atoms with E-state index < -0.39 is 11.6 Å². The summed E-state index contributed by atoms with van der Waals surface area (Å²) in [5.41, 5.74) is 1.09. The third-order valence-electron chi connectivity index (χ3n) is 2.69. The zero-order chi connectivity index (χ0) is 14.7. The molecule has 6 heteroatoms. The van der Waals surface area contributed by atoms with Crippen LogP contribution < -0.4 is 10.1 Å². The molecule has 0 aliphatic carbocycles. The molecule has 1 N–H and O–H groups in total. The van der Waals surface area contributed by atoms with Crippen LogP contribution in [-0.4, -0.2) is 7.11 Å². The summed E-state index contributed by atoms with van der Waals surface area (Å²) in [6.45, 7) is 0.298. The Morgan fingerprint density at radius 1 is 1.10 bits per heavy atom. The molecule has 0 aliphatic rings. The van der Waals surface area contributed by atoms with Crippen molar-refractivity contribution >= 4 is 28.9 Å². The van der Waals surface area contributed by atoms with Crippen molar-refractivity contribution < 1.29 is 13.5 Å². The first-order chi connectivity index (χ1) is 9.51. The molecular formula is C14H11Cl2F2NO. The largest absolute Gasteiger partial charge is 0.494 e. The van der Waals surface area contributed by atoms with Crippen LogP contribution in [0.15, 0.2) is 30.3 Å². The number of rotatable bonds is 4. The van der Waals surface area contributed by atoms with Crippen molar-refractivity contribution in [2.75, 3.05) is 12.4 Å². The predicted octanol–water partition coefficient (Wildman–Crippen LogP) is 4.89. The van der Waals surface area contributed by atoms with Gasteiger partial charge in [-0.05, 0) is 29.8 Å². The molecule has 0 aromatic heterocycles. The van der Waals surface area contributed by atoms with Crippen LogP contribution in [0.1, 0.15) is 5.56 Å². The van der Waals surface area contributed by atoms with Crippen molar-refractivity contribution in [1.29, 1.82) is 0 Å². The Labute approximate surface area is 125 Å². The number of ether oxygens (including phenoxy) is 1. The molecule has 0 bridgehead atoms. The van der Waals surface area contributed by atoms with Gasteiger partial charge in [0, 0.05) is 6.54 Å².